The van der Waals surface area contributed by atoms with E-state index >= 15 is 0 Å². The lowest BCUT2D eigenvalue weighted by Gasteiger charge is -2.27. The van der Waals surface area contributed by atoms with E-state index in [4.69, 9.17) is 47.0 Å². The number of non-ortho nitro benzene ring substituents is 1. The van der Waals surface area contributed by atoms with Crippen LogP contribution in [0.15, 0.2) is 48.5 Å². The van der Waals surface area contributed by atoms with Crippen LogP contribution >= 0.6 is 47.0 Å². The predicted molar refractivity (Wildman–Crippen MR) is 117 cm³/mol. The molecule has 1 amide bonds. The van der Waals surface area contributed by atoms with Crippen LogP contribution in [0.1, 0.15) is 10.4 Å². The molecule has 0 aliphatic heterocycles. The molecule has 158 valence electrons. The van der Waals surface area contributed by atoms with E-state index in [9.17, 15) is 25.0 Å². The number of nitro groups is 2. The lowest BCUT2D eigenvalue weighted by molar-refractivity contribution is -0.385. The Hall–Kier alpha value is -2.73. The van der Waals surface area contributed by atoms with Crippen LogP contribution in [0, 0.1) is 20.2 Å². The minimum absolute atomic E-state index is 0.130. The number of carbonyl (C=O) groups excluding carboxylic acids is 1. The molecule has 10 nitrogen and oxygen atoms in total. The number of nitrogens with one attached hydrogen (secondary N) is 3. The number of hydrogen-bond donors (Lipinski definition) is 3. The highest BCUT2D eigenvalue weighted by Gasteiger charge is 2.36. The largest absolute Gasteiger partial charge is 0.339 e. The summed E-state index contributed by atoms with van der Waals surface area (Å²) in [5.41, 5.74) is -0.586. The number of thiocarbonyl (C=S) groups is 1. The third-order valence-electron chi connectivity index (χ3n) is 3.54. The van der Waals surface area contributed by atoms with Crippen LogP contribution in [0.5, 0.6) is 0 Å². The fourth-order valence-corrected chi connectivity index (χ4v) is 2.79. The monoisotopic (exact) mass is 491 g/mol. The zero-order valence-electron chi connectivity index (χ0n) is 14.7. The van der Waals surface area contributed by atoms with Crippen LogP contribution < -0.4 is 16.0 Å². The van der Waals surface area contributed by atoms with Crippen molar-refractivity contribution in [2.24, 2.45) is 0 Å². The van der Waals surface area contributed by atoms with Gasteiger partial charge in [0, 0.05) is 23.9 Å². The van der Waals surface area contributed by atoms with E-state index in [1.54, 1.807) is 0 Å². The number of amides is 1. The first-order valence-electron chi connectivity index (χ1n) is 7.92. The third-order valence-corrected chi connectivity index (χ3v) is 4.41. The summed E-state index contributed by atoms with van der Waals surface area (Å²) in [4.78, 5) is 33.2. The fourth-order valence-electron chi connectivity index (χ4n) is 2.23. The van der Waals surface area contributed by atoms with E-state index in [0.29, 0.717) is 0 Å². The number of anilines is 1. The number of nitro benzene ring substituents is 2. The summed E-state index contributed by atoms with van der Waals surface area (Å²) in [6.45, 7) is 0. The molecular formula is C16H12Cl3N5O5S. The molecular weight excluding hydrogens is 481 g/mol. The van der Waals surface area contributed by atoms with Gasteiger partial charge in [-0.1, -0.05) is 53.0 Å². The summed E-state index contributed by atoms with van der Waals surface area (Å²) in [5, 5.41) is 29.4. The van der Waals surface area contributed by atoms with Crippen molar-refractivity contribution >= 4 is 75.1 Å². The summed E-state index contributed by atoms with van der Waals surface area (Å²) in [6.07, 6.45) is -1.39. The normalized spacial score (nSPS) is 11.8. The zero-order valence-corrected chi connectivity index (χ0v) is 17.8. The molecule has 0 radical (unpaired) electrons. The van der Waals surface area contributed by atoms with Crippen LogP contribution in [0.3, 0.4) is 0 Å². The molecule has 2 aromatic rings. The smallest absolute Gasteiger partial charge is 0.282 e. The molecule has 1 atom stereocenters. The number of halogens is 3. The molecule has 2 aromatic carbocycles. The van der Waals surface area contributed by atoms with Gasteiger partial charge in [0.15, 0.2) is 5.11 Å². The first-order chi connectivity index (χ1) is 14.0. The SMILES string of the molecule is O=C(N[C@H](NC(=S)Nc1cccc([N+](=O)[O-])c1)C(Cl)(Cl)Cl)c1ccccc1[N+](=O)[O-]. The summed E-state index contributed by atoms with van der Waals surface area (Å²) >= 11 is 22.8. The van der Waals surface area contributed by atoms with E-state index < -0.39 is 31.4 Å². The molecule has 0 aliphatic carbocycles. The van der Waals surface area contributed by atoms with E-state index in [1.807, 2.05) is 0 Å². The second kappa shape index (κ2) is 9.85. The maximum atomic E-state index is 12.5. The molecule has 0 saturated carbocycles. The van der Waals surface area contributed by atoms with Crippen molar-refractivity contribution < 1.29 is 14.6 Å². The maximum Gasteiger partial charge on any atom is 0.282 e. The van der Waals surface area contributed by atoms with Crippen molar-refractivity contribution in [1.29, 1.82) is 0 Å². The van der Waals surface area contributed by atoms with E-state index in [-0.39, 0.29) is 22.1 Å². The van der Waals surface area contributed by atoms with Gasteiger partial charge in [0.1, 0.15) is 11.7 Å². The minimum Gasteiger partial charge on any atom is -0.339 e. The average molecular weight is 493 g/mol. The highest BCUT2D eigenvalue weighted by molar-refractivity contribution is 7.80. The number of benzene rings is 2. The van der Waals surface area contributed by atoms with Crippen molar-refractivity contribution in [3.05, 3.63) is 74.3 Å². The van der Waals surface area contributed by atoms with Gasteiger partial charge in [0.05, 0.1) is 9.85 Å². The van der Waals surface area contributed by atoms with Crippen LogP contribution in [-0.4, -0.2) is 30.8 Å². The quantitative estimate of drug-likeness (QED) is 0.181. The lowest BCUT2D eigenvalue weighted by atomic mass is 10.1. The molecule has 30 heavy (non-hydrogen) atoms. The number of para-hydroxylation sites is 1. The summed E-state index contributed by atoms with van der Waals surface area (Å²) in [7, 11) is 0. The number of alkyl halides is 3. The van der Waals surface area contributed by atoms with E-state index in [0.717, 1.165) is 6.07 Å². The summed E-state index contributed by atoms with van der Waals surface area (Å²) in [5.74, 6) is -0.885. The zero-order chi connectivity index (χ0) is 22.5. The second-order valence-corrected chi connectivity index (χ2v) is 8.41. The molecule has 0 heterocycles. The summed E-state index contributed by atoms with van der Waals surface area (Å²) < 4.78 is -2.10. The molecule has 0 fully saturated rings. The standard InChI is InChI=1S/C16H12Cl3N5O5S/c17-16(18,19)14(21-13(25)11-6-1-2-7-12(11)24(28)29)22-15(30)20-9-4-3-5-10(8-9)23(26)27/h1-8,14H,(H,21,25)(H2,20,22,30)/t14-/m1/s1. The molecule has 14 heteroatoms. The van der Waals surface area contributed by atoms with Crippen LogP contribution in [-0.2, 0) is 0 Å². The maximum absolute atomic E-state index is 12.5. The second-order valence-electron chi connectivity index (χ2n) is 5.63. The number of carbonyl (C=O) groups is 1. The Bertz CT molecular complexity index is 1000. The van der Waals surface area contributed by atoms with Gasteiger partial charge >= 0.3 is 0 Å². The van der Waals surface area contributed by atoms with Gasteiger partial charge < -0.3 is 16.0 Å². The van der Waals surface area contributed by atoms with Crippen LogP contribution in [0.4, 0.5) is 17.1 Å². The van der Waals surface area contributed by atoms with Crippen molar-refractivity contribution in [2.45, 2.75) is 9.96 Å². The van der Waals surface area contributed by atoms with Crippen LogP contribution in [0.2, 0.25) is 0 Å². The fraction of sp³-hybridized carbons (Fsp3) is 0.125. The molecule has 0 unspecified atom stereocenters. The van der Waals surface area contributed by atoms with E-state index in [2.05, 4.69) is 16.0 Å². The number of hydrogen-bond acceptors (Lipinski definition) is 6. The van der Waals surface area contributed by atoms with Gasteiger partial charge in [-0.2, -0.15) is 0 Å². The Balaban J connectivity index is 2.16. The first kappa shape index (κ1) is 23.5. The van der Waals surface area contributed by atoms with E-state index in [1.165, 1.54) is 42.5 Å². The lowest BCUT2D eigenvalue weighted by Crippen LogP contribution is -2.56. The van der Waals surface area contributed by atoms with Gasteiger partial charge in [-0.05, 0) is 24.4 Å². The molecule has 0 aromatic heterocycles. The van der Waals surface area contributed by atoms with Crippen molar-refractivity contribution in [3.8, 4) is 0 Å². The summed E-state index contributed by atoms with van der Waals surface area (Å²) in [6, 6.07) is 10.7. The molecule has 0 aliphatic rings. The van der Waals surface area contributed by atoms with Gasteiger partial charge in [-0.15, -0.1) is 0 Å². The molecule has 0 bridgehead atoms. The number of nitrogens with zero attached hydrogens (tertiary/aromatic N) is 2. The molecule has 0 spiro atoms. The predicted octanol–water partition coefficient (Wildman–Crippen LogP) is 3.92. The van der Waals surface area contributed by atoms with Gasteiger partial charge in [-0.3, -0.25) is 25.0 Å². The Labute approximate surface area is 189 Å². The Morgan fingerprint density at radius 2 is 1.67 bits per heavy atom. The minimum atomic E-state index is -2.10. The highest BCUT2D eigenvalue weighted by Crippen LogP contribution is 2.30. The number of rotatable bonds is 6. The van der Waals surface area contributed by atoms with Gasteiger partial charge in [-0.25, -0.2) is 0 Å². The molecule has 2 rings (SSSR count). The highest BCUT2D eigenvalue weighted by atomic mass is 35.6. The van der Waals surface area contributed by atoms with Crippen molar-refractivity contribution in [2.75, 3.05) is 5.32 Å². The average Bonchev–Trinajstić information content (AvgIpc) is 2.66. The van der Waals surface area contributed by atoms with Crippen LogP contribution in [0.25, 0.3) is 0 Å². The topological polar surface area (TPSA) is 139 Å². The Kier molecular flexibility index (Phi) is 7.73. The van der Waals surface area contributed by atoms with Crippen molar-refractivity contribution in [3.63, 3.8) is 0 Å². The van der Waals surface area contributed by atoms with Crippen molar-refractivity contribution in [1.82, 2.24) is 10.6 Å². The van der Waals surface area contributed by atoms with Gasteiger partial charge in [0.25, 0.3) is 17.3 Å². The Morgan fingerprint density at radius 1 is 1.00 bits per heavy atom. The molecule has 0 saturated heterocycles. The van der Waals surface area contributed by atoms with Gasteiger partial charge in [0.2, 0.25) is 3.79 Å². The third kappa shape index (κ3) is 6.39. The Morgan fingerprint density at radius 3 is 2.27 bits per heavy atom. The first-order valence-corrected chi connectivity index (χ1v) is 9.46. The molecule has 3 N–H and O–H groups in total.